The van der Waals surface area contributed by atoms with Crippen molar-refractivity contribution in [1.29, 1.82) is 0 Å². The Morgan fingerprint density at radius 3 is 2.95 bits per heavy atom. The fraction of sp³-hybridized carbons (Fsp3) is 0.500. The third-order valence-corrected chi connectivity index (χ3v) is 3.14. The van der Waals surface area contributed by atoms with Crippen LogP contribution >= 0.6 is 0 Å². The van der Waals surface area contributed by atoms with Gasteiger partial charge in [0.15, 0.2) is 11.5 Å². The zero-order valence-electron chi connectivity index (χ0n) is 12.5. The lowest BCUT2D eigenvalue weighted by atomic mass is 10.3. The molecule has 0 unspecified atom stereocenters. The van der Waals surface area contributed by atoms with Crippen LogP contribution in [0, 0.1) is 0 Å². The summed E-state index contributed by atoms with van der Waals surface area (Å²) in [6.45, 7) is 5.76. The van der Waals surface area contributed by atoms with Crippen molar-refractivity contribution in [3.8, 4) is 0 Å². The lowest BCUT2D eigenvalue weighted by molar-refractivity contribution is -0.116. The molecule has 3 N–H and O–H groups in total. The number of amides is 1. The van der Waals surface area contributed by atoms with Crippen molar-refractivity contribution in [3.05, 3.63) is 18.6 Å². The molecule has 0 atom stereocenters. The Labute approximate surface area is 124 Å². The number of aromatic nitrogens is 3. The molecule has 0 aromatic carbocycles. The Balaban J connectivity index is 2.42. The summed E-state index contributed by atoms with van der Waals surface area (Å²) < 4.78 is 1.90. The average molecular weight is 290 g/mol. The molecule has 0 radical (unpaired) electrons. The lowest BCUT2D eigenvalue weighted by Gasteiger charge is -2.23. The Morgan fingerprint density at radius 1 is 1.48 bits per heavy atom. The van der Waals surface area contributed by atoms with Gasteiger partial charge in [-0.05, 0) is 13.3 Å². The molecule has 0 saturated carbocycles. The Morgan fingerprint density at radius 2 is 2.29 bits per heavy atom. The van der Waals surface area contributed by atoms with E-state index in [0.29, 0.717) is 5.82 Å². The highest BCUT2D eigenvalue weighted by Gasteiger charge is 2.16. The van der Waals surface area contributed by atoms with Gasteiger partial charge in [0.05, 0.1) is 12.7 Å². The van der Waals surface area contributed by atoms with Crippen LogP contribution in [0.1, 0.15) is 26.7 Å². The van der Waals surface area contributed by atoms with E-state index < -0.39 is 0 Å². The predicted octanol–water partition coefficient (Wildman–Crippen LogP) is 1.25. The standard InChI is InChI=1S/C14H22N6O/c1-3-5-7-19(9-11(15)21)14-13-17-6-8-20(13)10-12(18-14)16-4-2/h6,8,10,16H,3-5,7,9H2,1-2H3,(H2,15,21). The van der Waals surface area contributed by atoms with Gasteiger partial charge in [-0.25, -0.2) is 9.97 Å². The first-order valence-corrected chi connectivity index (χ1v) is 7.26. The number of rotatable bonds is 8. The van der Waals surface area contributed by atoms with Crippen molar-refractivity contribution in [2.75, 3.05) is 29.9 Å². The van der Waals surface area contributed by atoms with E-state index in [1.54, 1.807) is 6.20 Å². The largest absolute Gasteiger partial charge is 0.369 e. The summed E-state index contributed by atoms with van der Waals surface area (Å²) in [6, 6.07) is 0. The minimum absolute atomic E-state index is 0.144. The molecule has 0 aliphatic carbocycles. The lowest BCUT2D eigenvalue weighted by Crippen LogP contribution is -2.35. The smallest absolute Gasteiger partial charge is 0.237 e. The van der Waals surface area contributed by atoms with E-state index in [-0.39, 0.29) is 12.5 Å². The summed E-state index contributed by atoms with van der Waals surface area (Å²) in [5, 5.41) is 3.19. The monoisotopic (exact) mass is 290 g/mol. The van der Waals surface area contributed by atoms with Crippen molar-refractivity contribution in [3.63, 3.8) is 0 Å². The van der Waals surface area contributed by atoms with E-state index in [9.17, 15) is 4.79 Å². The number of nitrogens with zero attached hydrogens (tertiary/aromatic N) is 4. The fourth-order valence-electron chi connectivity index (χ4n) is 2.19. The summed E-state index contributed by atoms with van der Waals surface area (Å²) in [5.41, 5.74) is 6.10. The maximum Gasteiger partial charge on any atom is 0.237 e. The number of hydrogen-bond acceptors (Lipinski definition) is 5. The highest BCUT2D eigenvalue weighted by atomic mass is 16.1. The normalized spacial score (nSPS) is 10.8. The van der Waals surface area contributed by atoms with Crippen LogP contribution < -0.4 is 16.0 Å². The molecule has 0 fully saturated rings. The Hall–Kier alpha value is -2.31. The fourth-order valence-corrected chi connectivity index (χ4v) is 2.19. The van der Waals surface area contributed by atoms with Crippen LogP contribution in [0.3, 0.4) is 0 Å². The molecule has 0 aliphatic rings. The highest BCUT2D eigenvalue weighted by Crippen LogP contribution is 2.21. The quantitative estimate of drug-likeness (QED) is 0.764. The first kappa shape index (κ1) is 15.1. The number of nitrogens with one attached hydrogen (secondary N) is 1. The zero-order valence-corrected chi connectivity index (χ0v) is 12.5. The molecule has 114 valence electrons. The third kappa shape index (κ3) is 3.62. The number of hydrogen-bond donors (Lipinski definition) is 2. The van der Waals surface area contributed by atoms with E-state index in [0.717, 1.165) is 37.4 Å². The summed E-state index contributed by atoms with van der Waals surface area (Å²) in [6.07, 6.45) is 7.47. The van der Waals surface area contributed by atoms with Gasteiger partial charge in [-0.3, -0.25) is 4.79 Å². The van der Waals surface area contributed by atoms with Gasteiger partial charge < -0.3 is 20.4 Å². The topological polar surface area (TPSA) is 88.5 Å². The van der Waals surface area contributed by atoms with Crippen LogP contribution in [0.5, 0.6) is 0 Å². The second-order valence-corrected chi connectivity index (χ2v) is 4.88. The predicted molar refractivity (Wildman–Crippen MR) is 83.5 cm³/mol. The Kier molecular flexibility index (Phi) is 4.97. The molecule has 0 spiro atoms. The molecule has 0 bridgehead atoms. The maximum atomic E-state index is 11.3. The van der Waals surface area contributed by atoms with E-state index in [4.69, 9.17) is 5.73 Å². The molecular formula is C14H22N6O. The maximum absolute atomic E-state index is 11.3. The third-order valence-electron chi connectivity index (χ3n) is 3.14. The minimum atomic E-state index is -0.369. The average Bonchev–Trinajstić information content (AvgIpc) is 2.91. The van der Waals surface area contributed by atoms with Gasteiger partial charge in [0.2, 0.25) is 5.91 Å². The first-order valence-electron chi connectivity index (χ1n) is 7.26. The van der Waals surface area contributed by atoms with E-state index in [2.05, 4.69) is 22.2 Å². The van der Waals surface area contributed by atoms with Crippen LogP contribution in [0.25, 0.3) is 5.65 Å². The summed E-state index contributed by atoms with van der Waals surface area (Å²) in [5.74, 6) is 1.07. The number of nitrogens with two attached hydrogens (primary N) is 1. The molecule has 2 aromatic heterocycles. The van der Waals surface area contributed by atoms with E-state index >= 15 is 0 Å². The first-order chi connectivity index (χ1) is 10.2. The van der Waals surface area contributed by atoms with Crippen LogP contribution in [-0.4, -0.2) is 39.9 Å². The molecule has 21 heavy (non-hydrogen) atoms. The number of unbranched alkanes of at least 4 members (excludes halogenated alkanes) is 1. The molecule has 0 saturated heterocycles. The number of carbonyl (C=O) groups is 1. The molecular weight excluding hydrogens is 268 g/mol. The van der Waals surface area contributed by atoms with Crippen LogP contribution in [0.2, 0.25) is 0 Å². The van der Waals surface area contributed by atoms with Gasteiger partial charge >= 0.3 is 0 Å². The SMILES string of the molecule is CCCCN(CC(N)=O)c1nc(NCC)cn2ccnc12. The highest BCUT2D eigenvalue weighted by molar-refractivity contribution is 5.81. The molecule has 2 heterocycles. The molecule has 0 aliphatic heterocycles. The van der Waals surface area contributed by atoms with Gasteiger partial charge in [0.25, 0.3) is 0 Å². The van der Waals surface area contributed by atoms with Crippen LogP contribution in [-0.2, 0) is 4.79 Å². The molecule has 7 heteroatoms. The minimum Gasteiger partial charge on any atom is -0.369 e. The molecule has 7 nitrogen and oxygen atoms in total. The summed E-state index contributed by atoms with van der Waals surface area (Å²) in [7, 11) is 0. The second kappa shape index (κ2) is 6.92. The van der Waals surface area contributed by atoms with Gasteiger partial charge in [0.1, 0.15) is 5.82 Å². The van der Waals surface area contributed by atoms with Crippen molar-refractivity contribution >= 4 is 23.2 Å². The summed E-state index contributed by atoms with van der Waals surface area (Å²) >= 11 is 0. The van der Waals surface area contributed by atoms with Gasteiger partial charge in [-0.2, -0.15) is 0 Å². The van der Waals surface area contributed by atoms with Gasteiger partial charge in [0, 0.05) is 25.5 Å². The van der Waals surface area contributed by atoms with Crippen molar-refractivity contribution in [2.45, 2.75) is 26.7 Å². The van der Waals surface area contributed by atoms with Crippen LogP contribution in [0.4, 0.5) is 11.6 Å². The molecule has 2 aromatic rings. The number of imidazole rings is 1. The van der Waals surface area contributed by atoms with Crippen LogP contribution in [0.15, 0.2) is 18.6 Å². The number of fused-ring (bicyclic) bond motifs is 1. The van der Waals surface area contributed by atoms with Gasteiger partial charge in [-0.15, -0.1) is 0 Å². The van der Waals surface area contributed by atoms with Crippen molar-refractivity contribution in [1.82, 2.24) is 14.4 Å². The molecule has 2 rings (SSSR count). The van der Waals surface area contributed by atoms with E-state index in [1.807, 2.05) is 28.6 Å². The van der Waals surface area contributed by atoms with Crippen molar-refractivity contribution in [2.24, 2.45) is 5.73 Å². The van der Waals surface area contributed by atoms with E-state index in [1.165, 1.54) is 0 Å². The number of primary amides is 1. The second-order valence-electron chi connectivity index (χ2n) is 4.88. The summed E-state index contributed by atoms with van der Waals surface area (Å²) in [4.78, 5) is 22.2. The molecule has 1 amide bonds. The zero-order chi connectivity index (χ0) is 15.2. The van der Waals surface area contributed by atoms with Crippen molar-refractivity contribution < 1.29 is 4.79 Å². The Bertz CT molecular complexity index is 609. The van der Waals surface area contributed by atoms with Gasteiger partial charge in [-0.1, -0.05) is 13.3 Å². The number of carbonyl (C=O) groups excluding carboxylic acids is 1. The number of anilines is 2.